The number of rotatable bonds is 1. The Morgan fingerprint density at radius 3 is 2.74 bits per heavy atom. The lowest BCUT2D eigenvalue weighted by atomic mass is 9.70. The highest BCUT2D eigenvalue weighted by atomic mass is 35.5. The van der Waals surface area contributed by atoms with Crippen LogP contribution in [0.25, 0.3) is 0 Å². The summed E-state index contributed by atoms with van der Waals surface area (Å²) in [5, 5.41) is 0.715. The molecule has 23 heavy (non-hydrogen) atoms. The number of aromatic nitrogens is 1. The molecular formula is C18H20ClFN2O. The fourth-order valence-electron chi connectivity index (χ4n) is 5.74. The zero-order chi connectivity index (χ0) is 16.0. The summed E-state index contributed by atoms with van der Waals surface area (Å²) >= 11 is 6.32. The molecule has 4 aliphatic rings. The number of hydrogen-bond donors (Lipinski definition) is 0. The summed E-state index contributed by atoms with van der Waals surface area (Å²) in [5.74, 6) is 0.893. The lowest BCUT2D eigenvalue weighted by molar-refractivity contribution is -0.143. The zero-order valence-electron chi connectivity index (χ0n) is 13.2. The molecule has 0 spiro atoms. The summed E-state index contributed by atoms with van der Waals surface area (Å²) in [6.45, 7) is 2.94. The van der Waals surface area contributed by atoms with Gasteiger partial charge in [0.2, 0.25) is 5.91 Å². The monoisotopic (exact) mass is 334 g/mol. The van der Waals surface area contributed by atoms with Crippen LogP contribution in [0.1, 0.15) is 62.1 Å². The van der Waals surface area contributed by atoms with Gasteiger partial charge in [-0.25, -0.2) is 4.39 Å². The zero-order valence-corrected chi connectivity index (χ0v) is 13.9. The summed E-state index contributed by atoms with van der Waals surface area (Å²) in [6.07, 6.45) is 6.51. The van der Waals surface area contributed by atoms with Gasteiger partial charge in [0.05, 0.1) is 16.5 Å². The summed E-state index contributed by atoms with van der Waals surface area (Å²) in [6, 6.07) is 0.100. The molecule has 3 aliphatic carbocycles. The van der Waals surface area contributed by atoms with Gasteiger partial charge in [0.15, 0.2) is 0 Å². The van der Waals surface area contributed by atoms with E-state index in [4.69, 9.17) is 11.6 Å². The SMILES string of the molecule is C[C@H]1CN(C(=O)C23CCC(F)(CC2)C3)[C@@H]2c3cncc(Cl)c3C21. The maximum atomic E-state index is 14.5. The van der Waals surface area contributed by atoms with E-state index in [2.05, 4.69) is 11.9 Å². The van der Waals surface area contributed by atoms with Crippen molar-refractivity contribution in [3.63, 3.8) is 0 Å². The fourth-order valence-corrected chi connectivity index (χ4v) is 6.03. The number of pyridine rings is 1. The highest BCUT2D eigenvalue weighted by molar-refractivity contribution is 6.31. The van der Waals surface area contributed by atoms with Crippen LogP contribution >= 0.6 is 11.6 Å². The maximum absolute atomic E-state index is 14.5. The Morgan fingerprint density at radius 1 is 1.35 bits per heavy atom. The first-order valence-electron chi connectivity index (χ1n) is 8.57. The van der Waals surface area contributed by atoms with E-state index in [1.807, 2.05) is 11.1 Å². The molecule has 5 heteroatoms. The van der Waals surface area contributed by atoms with Crippen molar-refractivity contribution in [1.29, 1.82) is 0 Å². The molecule has 122 valence electrons. The number of likely N-dealkylation sites (tertiary alicyclic amines) is 1. The number of nitrogens with zero attached hydrogens (tertiary/aromatic N) is 2. The molecule has 1 amide bonds. The minimum absolute atomic E-state index is 0.100. The summed E-state index contributed by atoms with van der Waals surface area (Å²) in [7, 11) is 0. The third kappa shape index (κ3) is 1.66. The second kappa shape index (κ2) is 4.27. The molecule has 2 saturated carbocycles. The molecule has 3 nitrogen and oxygen atoms in total. The van der Waals surface area contributed by atoms with E-state index >= 15 is 0 Å². The fraction of sp³-hybridized carbons (Fsp3) is 0.667. The van der Waals surface area contributed by atoms with E-state index in [1.165, 1.54) is 5.56 Å². The van der Waals surface area contributed by atoms with Gasteiger partial charge in [0, 0.05) is 24.9 Å². The van der Waals surface area contributed by atoms with Crippen LogP contribution < -0.4 is 0 Å². The second-order valence-electron chi connectivity index (χ2n) is 8.14. The Morgan fingerprint density at radius 2 is 2.09 bits per heavy atom. The molecule has 1 aliphatic heterocycles. The first kappa shape index (κ1) is 14.2. The molecule has 0 radical (unpaired) electrons. The van der Waals surface area contributed by atoms with Gasteiger partial charge in [0.1, 0.15) is 5.67 Å². The van der Waals surface area contributed by atoms with Gasteiger partial charge in [-0.2, -0.15) is 0 Å². The average Bonchev–Trinajstić information content (AvgIpc) is 3.10. The second-order valence-corrected chi connectivity index (χ2v) is 8.54. The summed E-state index contributed by atoms with van der Waals surface area (Å²) < 4.78 is 14.5. The van der Waals surface area contributed by atoms with Crippen molar-refractivity contribution in [1.82, 2.24) is 9.88 Å². The van der Waals surface area contributed by atoms with Crippen molar-refractivity contribution in [3.05, 3.63) is 28.5 Å². The Labute approximate surface area is 140 Å². The minimum atomic E-state index is -1.08. The van der Waals surface area contributed by atoms with Gasteiger partial charge < -0.3 is 4.90 Å². The predicted octanol–water partition coefficient (Wildman–Crippen LogP) is 4.02. The topological polar surface area (TPSA) is 33.2 Å². The molecule has 3 atom stereocenters. The largest absolute Gasteiger partial charge is 0.334 e. The highest BCUT2D eigenvalue weighted by Gasteiger charge is 2.62. The smallest absolute Gasteiger partial charge is 0.229 e. The van der Waals surface area contributed by atoms with Crippen molar-refractivity contribution in [2.24, 2.45) is 11.3 Å². The number of hydrogen-bond acceptors (Lipinski definition) is 2. The molecule has 3 fully saturated rings. The van der Waals surface area contributed by atoms with Crippen LogP contribution in [0.2, 0.25) is 5.02 Å². The van der Waals surface area contributed by atoms with E-state index in [1.54, 1.807) is 6.20 Å². The van der Waals surface area contributed by atoms with Crippen molar-refractivity contribution in [2.75, 3.05) is 6.54 Å². The van der Waals surface area contributed by atoms with Crippen LogP contribution in [0.15, 0.2) is 12.4 Å². The lowest BCUT2D eigenvalue weighted by Gasteiger charge is -2.42. The first-order valence-corrected chi connectivity index (χ1v) is 8.95. The molecule has 0 aromatic carbocycles. The third-order valence-corrected chi connectivity index (χ3v) is 7.17. The Hall–Kier alpha value is -1.16. The van der Waals surface area contributed by atoms with Crippen molar-refractivity contribution >= 4 is 17.5 Å². The first-order chi connectivity index (χ1) is 10.9. The van der Waals surface area contributed by atoms with Gasteiger partial charge in [-0.1, -0.05) is 18.5 Å². The maximum Gasteiger partial charge on any atom is 0.229 e. The normalized spacial score (nSPS) is 43.3. The van der Waals surface area contributed by atoms with Crippen molar-refractivity contribution in [3.8, 4) is 0 Å². The highest BCUT2D eigenvalue weighted by Crippen LogP contribution is 2.63. The molecule has 2 bridgehead atoms. The van der Waals surface area contributed by atoms with Gasteiger partial charge in [-0.15, -0.1) is 0 Å². The van der Waals surface area contributed by atoms with E-state index in [9.17, 15) is 9.18 Å². The van der Waals surface area contributed by atoms with E-state index in [0.29, 0.717) is 49.0 Å². The van der Waals surface area contributed by atoms with Crippen LogP contribution in [-0.4, -0.2) is 28.0 Å². The van der Waals surface area contributed by atoms with Gasteiger partial charge in [0.25, 0.3) is 0 Å². The molecular weight excluding hydrogens is 315 g/mol. The molecule has 1 aromatic rings. The van der Waals surface area contributed by atoms with Gasteiger partial charge in [-0.05, 0) is 49.1 Å². The predicted molar refractivity (Wildman–Crippen MR) is 85.0 cm³/mol. The number of halogens is 2. The van der Waals surface area contributed by atoms with Gasteiger partial charge >= 0.3 is 0 Å². The van der Waals surface area contributed by atoms with Crippen LogP contribution in [0, 0.1) is 11.3 Å². The van der Waals surface area contributed by atoms with Crippen LogP contribution in [0.4, 0.5) is 4.39 Å². The Kier molecular flexibility index (Phi) is 2.64. The van der Waals surface area contributed by atoms with Crippen molar-refractivity contribution < 1.29 is 9.18 Å². The molecule has 1 saturated heterocycles. The quantitative estimate of drug-likeness (QED) is 0.777. The number of fused-ring (bicyclic) bond motifs is 6. The van der Waals surface area contributed by atoms with Crippen LogP contribution in [0.3, 0.4) is 0 Å². The molecule has 5 rings (SSSR count). The summed E-state index contributed by atoms with van der Waals surface area (Å²) in [5.41, 5.74) is 0.747. The van der Waals surface area contributed by atoms with E-state index in [0.717, 1.165) is 12.1 Å². The number of amides is 1. The van der Waals surface area contributed by atoms with Crippen LogP contribution in [0.5, 0.6) is 0 Å². The van der Waals surface area contributed by atoms with Crippen molar-refractivity contribution in [2.45, 2.75) is 56.7 Å². The van der Waals surface area contributed by atoms with Gasteiger partial charge in [-0.3, -0.25) is 9.78 Å². The number of carbonyl (C=O) groups is 1. The van der Waals surface area contributed by atoms with E-state index < -0.39 is 11.1 Å². The molecule has 1 aromatic heterocycles. The average molecular weight is 335 g/mol. The standard InChI is InChI=1S/C18H20ClFN2O/c1-10-8-22(15-11-6-21-7-12(19)14(11)13(10)15)16(23)17-2-4-18(20,9-17)5-3-17/h6-7,10,13,15H,2-5,8-9H2,1H3/t10-,13?,15+,17?,18?/m0/s1. The minimum Gasteiger partial charge on any atom is -0.334 e. The molecule has 0 N–H and O–H groups in total. The molecule has 1 unspecified atom stereocenters. The Bertz CT molecular complexity index is 713. The van der Waals surface area contributed by atoms with Crippen LogP contribution in [-0.2, 0) is 4.79 Å². The number of carbonyl (C=O) groups excluding carboxylic acids is 1. The number of alkyl halides is 1. The Balaban J connectivity index is 1.50. The van der Waals surface area contributed by atoms with E-state index in [-0.39, 0.29) is 11.9 Å². The third-order valence-electron chi connectivity index (χ3n) is 6.87. The molecule has 2 heterocycles. The lowest BCUT2D eigenvalue weighted by Crippen LogP contribution is -2.44. The summed E-state index contributed by atoms with van der Waals surface area (Å²) in [4.78, 5) is 19.5.